The van der Waals surface area contributed by atoms with Crippen LogP contribution >= 0.6 is 11.6 Å². The number of aldehydes is 1. The molecule has 0 saturated carbocycles. The van der Waals surface area contributed by atoms with E-state index in [0.717, 1.165) is 0 Å². The number of rotatable bonds is 5. The van der Waals surface area contributed by atoms with Gasteiger partial charge in [0.2, 0.25) is 0 Å². The summed E-state index contributed by atoms with van der Waals surface area (Å²) in [6.45, 7) is 2.22. The number of halogens is 1. The quantitative estimate of drug-likeness (QED) is 0.798. The molecule has 0 aliphatic rings. The number of nitrogens with one attached hydrogen (secondary N) is 1. The summed E-state index contributed by atoms with van der Waals surface area (Å²) < 4.78 is 5.20. The highest BCUT2D eigenvalue weighted by atomic mass is 35.5. The third-order valence-corrected chi connectivity index (χ3v) is 2.19. The molecule has 1 N–H and O–H groups in total. The zero-order chi connectivity index (χ0) is 12.0. The van der Waals surface area contributed by atoms with Crippen molar-refractivity contribution in [2.24, 2.45) is 0 Å². The number of ether oxygens (including phenoxy) is 1. The highest BCUT2D eigenvalue weighted by molar-refractivity contribution is 6.33. The fourth-order valence-corrected chi connectivity index (χ4v) is 1.36. The van der Waals surface area contributed by atoms with Gasteiger partial charge in [0.15, 0.2) is 12.9 Å². The number of likely N-dealkylation sites (N-methyl/N-ethyl adjacent to an activating group) is 1. The van der Waals surface area contributed by atoms with Crippen LogP contribution in [0.2, 0.25) is 5.02 Å². The molecular formula is C11H12ClNO3. The van der Waals surface area contributed by atoms with Gasteiger partial charge >= 0.3 is 0 Å². The van der Waals surface area contributed by atoms with Crippen LogP contribution in [0.4, 0.5) is 0 Å². The lowest BCUT2D eigenvalue weighted by Crippen LogP contribution is -2.28. The topological polar surface area (TPSA) is 55.4 Å². The lowest BCUT2D eigenvalue weighted by molar-refractivity contribution is -0.122. The van der Waals surface area contributed by atoms with E-state index >= 15 is 0 Å². The van der Waals surface area contributed by atoms with Crippen LogP contribution in [0.3, 0.4) is 0 Å². The van der Waals surface area contributed by atoms with Crippen molar-refractivity contribution in [3.05, 3.63) is 28.8 Å². The minimum Gasteiger partial charge on any atom is -0.483 e. The Bertz CT molecular complexity index is 393. The SMILES string of the molecule is CCNC(=O)COc1cccc(Cl)c1C=O. The van der Waals surface area contributed by atoms with Crippen LogP contribution in [-0.2, 0) is 4.79 Å². The zero-order valence-corrected chi connectivity index (χ0v) is 9.58. The highest BCUT2D eigenvalue weighted by Gasteiger charge is 2.08. The minimum atomic E-state index is -0.237. The van der Waals surface area contributed by atoms with Gasteiger partial charge in [0.25, 0.3) is 5.91 Å². The first kappa shape index (κ1) is 12.5. The van der Waals surface area contributed by atoms with Crippen LogP contribution in [0, 0.1) is 0 Å². The molecular weight excluding hydrogens is 230 g/mol. The molecule has 0 aliphatic carbocycles. The Kier molecular flexibility index (Phi) is 4.79. The summed E-state index contributed by atoms with van der Waals surface area (Å²) in [5, 5.41) is 2.89. The molecule has 0 bridgehead atoms. The maximum atomic E-state index is 11.1. The van der Waals surface area contributed by atoms with Gasteiger partial charge in [-0.1, -0.05) is 17.7 Å². The lowest BCUT2D eigenvalue weighted by Gasteiger charge is -2.08. The Morgan fingerprint density at radius 3 is 2.94 bits per heavy atom. The molecule has 0 aliphatic heterocycles. The van der Waals surface area contributed by atoms with Crippen LogP contribution < -0.4 is 10.1 Å². The van der Waals surface area contributed by atoms with Crippen molar-refractivity contribution in [1.29, 1.82) is 0 Å². The summed E-state index contributed by atoms with van der Waals surface area (Å²) in [4.78, 5) is 21.9. The zero-order valence-electron chi connectivity index (χ0n) is 8.83. The highest BCUT2D eigenvalue weighted by Crippen LogP contribution is 2.24. The predicted molar refractivity (Wildman–Crippen MR) is 61.0 cm³/mol. The number of hydrogen-bond acceptors (Lipinski definition) is 3. The molecule has 0 heterocycles. The van der Waals surface area contributed by atoms with Gasteiger partial charge in [-0.05, 0) is 19.1 Å². The second-order valence-corrected chi connectivity index (χ2v) is 3.42. The van der Waals surface area contributed by atoms with Gasteiger partial charge in [-0.25, -0.2) is 0 Å². The largest absolute Gasteiger partial charge is 0.483 e. The maximum Gasteiger partial charge on any atom is 0.257 e. The molecule has 1 rings (SSSR count). The molecule has 1 aromatic carbocycles. The van der Waals surface area contributed by atoms with E-state index in [2.05, 4.69) is 5.32 Å². The lowest BCUT2D eigenvalue weighted by atomic mass is 10.2. The molecule has 86 valence electrons. The molecule has 0 aromatic heterocycles. The predicted octanol–water partition coefficient (Wildman–Crippen LogP) is 1.67. The Labute approximate surface area is 98.5 Å². The summed E-state index contributed by atoms with van der Waals surface area (Å²) in [6.07, 6.45) is 0.607. The van der Waals surface area contributed by atoms with Gasteiger partial charge < -0.3 is 10.1 Å². The molecule has 5 heteroatoms. The van der Waals surface area contributed by atoms with E-state index in [-0.39, 0.29) is 18.1 Å². The van der Waals surface area contributed by atoms with E-state index < -0.39 is 0 Å². The van der Waals surface area contributed by atoms with Gasteiger partial charge in [-0.15, -0.1) is 0 Å². The van der Waals surface area contributed by atoms with Gasteiger partial charge in [-0.2, -0.15) is 0 Å². The van der Waals surface area contributed by atoms with E-state index in [4.69, 9.17) is 16.3 Å². The molecule has 1 amide bonds. The molecule has 1 aromatic rings. The summed E-state index contributed by atoms with van der Waals surface area (Å²) in [6, 6.07) is 4.83. The van der Waals surface area contributed by atoms with Crippen LogP contribution in [0.5, 0.6) is 5.75 Å². The van der Waals surface area contributed by atoms with Crippen LogP contribution in [0.25, 0.3) is 0 Å². The van der Waals surface area contributed by atoms with E-state index in [9.17, 15) is 9.59 Å². The molecule has 16 heavy (non-hydrogen) atoms. The third kappa shape index (κ3) is 3.24. The smallest absolute Gasteiger partial charge is 0.257 e. The van der Waals surface area contributed by atoms with E-state index in [1.165, 1.54) is 0 Å². The number of carbonyl (C=O) groups excluding carboxylic acids is 2. The van der Waals surface area contributed by atoms with Gasteiger partial charge in [0.05, 0.1) is 10.6 Å². The molecule has 4 nitrogen and oxygen atoms in total. The summed E-state index contributed by atoms with van der Waals surface area (Å²) >= 11 is 5.79. The fraction of sp³-hybridized carbons (Fsp3) is 0.273. The van der Waals surface area contributed by atoms with E-state index in [1.807, 2.05) is 6.92 Å². The average molecular weight is 242 g/mol. The van der Waals surface area contributed by atoms with E-state index in [0.29, 0.717) is 23.6 Å². The summed E-state index contributed by atoms with van der Waals surface area (Å²) in [5.74, 6) is 0.0769. The first-order chi connectivity index (χ1) is 7.69. The van der Waals surface area contributed by atoms with Crippen molar-refractivity contribution in [2.75, 3.05) is 13.2 Å². The normalized spacial score (nSPS) is 9.62. The molecule has 0 saturated heterocycles. The number of amides is 1. The molecule has 0 fully saturated rings. The second-order valence-electron chi connectivity index (χ2n) is 3.01. The Hall–Kier alpha value is -1.55. The summed E-state index contributed by atoms with van der Waals surface area (Å²) in [5.41, 5.74) is 0.258. The summed E-state index contributed by atoms with van der Waals surface area (Å²) in [7, 11) is 0. The van der Waals surface area contributed by atoms with Crippen LogP contribution in [0.15, 0.2) is 18.2 Å². The average Bonchev–Trinajstić information content (AvgIpc) is 2.27. The van der Waals surface area contributed by atoms with Gasteiger partial charge in [0.1, 0.15) is 5.75 Å². The number of hydrogen-bond donors (Lipinski definition) is 1. The monoisotopic (exact) mass is 241 g/mol. The minimum absolute atomic E-state index is 0.130. The first-order valence-corrected chi connectivity index (χ1v) is 5.20. The Morgan fingerprint density at radius 1 is 1.56 bits per heavy atom. The Morgan fingerprint density at radius 2 is 2.31 bits per heavy atom. The van der Waals surface area contributed by atoms with E-state index in [1.54, 1.807) is 18.2 Å². The molecule has 0 radical (unpaired) electrons. The number of carbonyl (C=O) groups is 2. The Balaban J connectivity index is 2.70. The van der Waals surface area contributed by atoms with Gasteiger partial charge in [0, 0.05) is 6.54 Å². The van der Waals surface area contributed by atoms with Gasteiger partial charge in [-0.3, -0.25) is 9.59 Å². The van der Waals surface area contributed by atoms with Crippen molar-refractivity contribution >= 4 is 23.8 Å². The van der Waals surface area contributed by atoms with Crippen molar-refractivity contribution in [3.63, 3.8) is 0 Å². The first-order valence-electron chi connectivity index (χ1n) is 4.82. The second kappa shape index (κ2) is 6.12. The fourth-order valence-electron chi connectivity index (χ4n) is 1.15. The van der Waals surface area contributed by atoms with Crippen LogP contribution in [0.1, 0.15) is 17.3 Å². The number of benzene rings is 1. The third-order valence-electron chi connectivity index (χ3n) is 1.86. The molecule has 0 unspecified atom stereocenters. The van der Waals surface area contributed by atoms with Crippen molar-refractivity contribution in [3.8, 4) is 5.75 Å². The molecule has 0 spiro atoms. The maximum absolute atomic E-state index is 11.1. The van der Waals surface area contributed by atoms with Crippen molar-refractivity contribution in [2.45, 2.75) is 6.92 Å². The molecule has 0 atom stereocenters. The van der Waals surface area contributed by atoms with Crippen molar-refractivity contribution < 1.29 is 14.3 Å². The van der Waals surface area contributed by atoms with Crippen molar-refractivity contribution in [1.82, 2.24) is 5.32 Å². The standard InChI is InChI=1S/C11H12ClNO3/c1-2-13-11(15)7-16-10-5-3-4-9(12)8(10)6-14/h3-6H,2,7H2,1H3,(H,13,15). The van der Waals surface area contributed by atoms with Crippen LogP contribution in [-0.4, -0.2) is 25.3 Å².